The number of fused-ring (bicyclic) bond motifs is 1. The number of benzene rings is 2. The van der Waals surface area contributed by atoms with Crippen LogP contribution in [-0.4, -0.2) is 11.1 Å². The topological polar surface area (TPSA) is 67.5 Å². The van der Waals surface area contributed by atoms with Crippen LogP contribution in [0, 0.1) is 11.6 Å². The van der Waals surface area contributed by atoms with E-state index in [1.165, 1.54) is 18.2 Å². The van der Waals surface area contributed by atoms with E-state index in [-0.39, 0.29) is 16.0 Å². The standard InChI is InChI=1S/C16H7ClF2O4/c17-7-1-3-9-12(5-7)23-15(13(14(9)20)16(21)22)10-6-8(18)2-4-11(10)19/h1-6H,(H,21,22). The van der Waals surface area contributed by atoms with Crippen LogP contribution in [0.25, 0.3) is 22.3 Å². The summed E-state index contributed by atoms with van der Waals surface area (Å²) >= 11 is 5.82. The Hall–Kier alpha value is -2.73. The van der Waals surface area contributed by atoms with Gasteiger partial charge in [-0.15, -0.1) is 0 Å². The van der Waals surface area contributed by atoms with Gasteiger partial charge in [-0.05, 0) is 30.3 Å². The number of carboxylic acid groups (broad SMARTS) is 1. The van der Waals surface area contributed by atoms with E-state index in [2.05, 4.69) is 0 Å². The maximum Gasteiger partial charge on any atom is 0.343 e. The lowest BCUT2D eigenvalue weighted by Crippen LogP contribution is -2.16. The predicted molar refractivity (Wildman–Crippen MR) is 79.8 cm³/mol. The number of halogens is 3. The van der Waals surface area contributed by atoms with E-state index in [0.717, 1.165) is 18.2 Å². The molecule has 2 aromatic carbocycles. The van der Waals surface area contributed by atoms with Crippen molar-refractivity contribution in [3.63, 3.8) is 0 Å². The van der Waals surface area contributed by atoms with E-state index in [4.69, 9.17) is 16.0 Å². The Morgan fingerprint density at radius 2 is 1.87 bits per heavy atom. The van der Waals surface area contributed by atoms with Crippen molar-refractivity contribution in [2.24, 2.45) is 0 Å². The molecule has 1 N–H and O–H groups in total. The fourth-order valence-corrected chi connectivity index (χ4v) is 2.38. The predicted octanol–water partition coefficient (Wildman–Crippen LogP) is 4.09. The van der Waals surface area contributed by atoms with Crippen molar-refractivity contribution in [2.45, 2.75) is 0 Å². The highest BCUT2D eigenvalue weighted by Crippen LogP contribution is 2.29. The summed E-state index contributed by atoms with van der Waals surface area (Å²) in [5.74, 6) is -3.88. The van der Waals surface area contributed by atoms with Crippen molar-refractivity contribution in [2.75, 3.05) is 0 Å². The molecule has 0 bridgehead atoms. The van der Waals surface area contributed by atoms with Gasteiger partial charge in [0.05, 0.1) is 10.9 Å². The lowest BCUT2D eigenvalue weighted by atomic mass is 10.0. The normalized spacial score (nSPS) is 10.9. The number of rotatable bonds is 2. The minimum atomic E-state index is -1.60. The van der Waals surface area contributed by atoms with Gasteiger partial charge in [0.1, 0.15) is 17.2 Å². The quantitative estimate of drug-likeness (QED) is 0.765. The van der Waals surface area contributed by atoms with Crippen molar-refractivity contribution in [1.82, 2.24) is 0 Å². The molecule has 116 valence electrons. The summed E-state index contributed by atoms with van der Waals surface area (Å²) in [6.07, 6.45) is 0. The average Bonchev–Trinajstić information content (AvgIpc) is 2.48. The van der Waals surface area contributed by atoms with Crippen LogP contribution >= 0.6 is 11.6 Å². The molecule has 0 saturated carbocycles. The molecule has 0 aliphatic heterocycles. The smallest absolute Gasteiger partial charge is 0.343 e. The van der Waals surface area contributed by atoms with E-state index in [0.29, 0.717) is 0 Å². The van der Waals surface area contributed by atoms with E-state index in [1.807, 2.05) is 0 Å². The molecule has 0 aliphatic rings. The van der Waals surface area contributed by atoms with E-state index in [1.54, 1.807) is 0 Å². The Balaban J connectivity index is 2.48. The number of hydrogen-bond acceptors (Lipinski definition) is 3. The zero-order valence-electron chi connectivity index (χ0n) is 11.3. The molecule has 0 amide bonds. The van der Waals surface area contributed by atoms with Gasteiger partial charge in [-0.2, -0.15) is 0 Å². The van der Waals surface area contributed by atoms with Gasteiger partial charge < -0.3 is 9.52 Å². The molecular weight excluding hydrogens is 330 g/mol. The van der Waals surface area contributed by atoms with Gasteiger partial charge in [-0.1, -0.05) is 11.6 Å². The highest BCUT2D eigenvalue weighted by molar-refractivity contribution is 6.31. The van der Waals surface area contributed by atoms with Crippen LogP contribution in [0.3, 0.4) is 0 Å². The summed E-state index contributed by atoms with van der Waals surface area (Å²) < 4.78 is 32.7. The van der Waals surface area contributed by atoms with Crippen LogP contribution in [0.4, 0.5) is 8.78 Å². The first-order valence-corrected chi connectivity index (χ1v) is 6.71. The molecule has 3 rings (SSSR count). The number of carbonyl (C=O) groups is 1. The molecule has 0 radical (unpaired) electrons. The van der Waals surface area contributed by atoms with Gasteiger partial charge in [0.2, 0.25) is 5.43 Å². The zero-order valence-corrected chi connectivity index (χ0v) is 12.0. The van der Waals surface area contributed by atoms with E-state index < -0.39 is 39.9 Å². The first-order valence-electron chi connectivity index (χ1n) is 6.33. The van der Waals surface area contributed by atoms with Crippen LogP contribution < -0.4 is 5.43 Å². The van der Waals surface area contributed by atoms with Crippen molar-refractivity contribution in [3.8, 4) is 11.3 Å². The van der Waals surface area contributed by atoms with Crippen LogP contribution in [0.15, 0.2) is 45.6 Å². The molecule has 0 unspecified atom stereocenters. The number of aromatic carboxylic acids is 1. The van der Waals surface area contributed by atoms with E-state index in [9.17, 15) is 23.5 Å². The van der Waals surface area contributed by atoms with Gasteiger partial charge >= 0.3 is 5.97 Å². The summed E-state index contributed by atoms with van der Waals surface area (Å²) in [6.45, 7) is 0. The molecule has 0 fully saturated rings. The Morgan fingerprint density at radius 3 is 2.57 bits per heavy atom. The second-order valence-corrected chi connectivity index (χ2v) is 5.14. The van der Waals surface area contributed by atoms with Crippen molar-refractivity contribution in [1.29, 1.82) is 0 Å². The molecule has 0 atom stereocenters. The first-order chi connectivity index (χ1) is 10.9. The molecule has 0 aliphatic carbocycles. The Morgan fingerprint density at radius 1 is 1.13 bits per heavy atom. The third-order valence-electron chi connectivity index (χ3n) is 3.24. The lowest BCUT2D eigenvalue weighted by Gasteiger charge is -2.08. The Labute approximate surface area is 132 Å². The van der Waals surface area contributed by atoms with Crippen LogP contribution in [0.2, 0.25) is 5.02 Å². The Bertz CT molecular complexity index is 1010. The average molecular weight is 337 g/mol. The fraction of sp³-hybridized carbons (Fsp3) is 0. The van der Waals surface area contributed by atoms with Gasteiger partial charge in [-0.3, -0.25) is 4.79 Å². The van der Waals surface area contributed by atoms with Gasteiger partial charge in [0.15, 0.2) is 11.3 Å². The summed E-state index contributed by atoms with van der Waals surface area (Å²) in [4.78, 5) is 23.8. The third kappa shape index (κ3) is 2.57. The monoisotopic (exact) mass is 336 g/mol. The fourth-order valence-electron chi connectivity index (χ4n) is 2.22. The second-order valence-electron chi connectivity index (χ2n) is 4.71. The largest absolute Gasteiger partial charge is 0.477 e. The molecular formula is C16H7ClF2O4. The van der Waals surface area contributed by atoms with Crippen LogP contribution in [0.5, 0.6) is 0 Å². The van der Waals surface area contributed by atoms with Gasteiger partial charge in [0.25, 0.3) is 0 Å². The Kier molecular flexibility index (Phi) is 3.61. The molecule has 0 saturated heterocycles. The van der Waals surface area contributed by atoms with Gasteiger partial charge in [-0.25, -0.2) is 13.6 Å². The maximum absolute atomic E-state index is 14.0. The third-order valence-corrected chi connectivity index (χ3v) is 3.48. The summed E-state index contributed by atoms with van der Waals surface area (Å²) in [5.41, 5.74) is -2.12. The van der Waals surface area contributed by atoms with Crippen LogP contribution in [-0.2, 0) is 0 Å². The molecule has 4 nitrogen and oxygen atoms in total. The number of carboxylic acids is 1. The highest BCUT2D eigenvalue weighted by atomic mass is 35.5. The molecule has 0 spiro atoms. The molecule has 7 heteroatoms. The molecule has 23 heavy (non-hydrogen) atoms. The number of hydrogen-bond donors (Lipinski definition) is 1. The minimum absolute atomic E-state index is 0.0210. The lowest BCUT2D eigenvalue weighted by molar-refractivity contribution is 0.0694. The molecule has 1 heterocycles. The highest BCUT2D eigenvalue weighted by Gasteiger charge is 2.24. The molecule has 3 aromatic rings. The van der Waals surface area contributed by atoms with Crippen molar-refractivity contribution in [3.05, 3.63) is 68.8 Å². The molecule has 1 aromatic heterocycles. The SMILES string of the molecule is O=C(O)c1c(-c2cc(F)ccc2F)oc2cc(Cl)ccc2c1=O. The zero-order chi connectivity index (χ0) is 16.7. The van der Waals surface area contributed by atoms with Crippen LogP contribution in [0.1, 0.15) is 10.4 Å². The first kappa shape index (κ1) is 15.2. The second kappa shape index (κ2) is 5.48. The summed E-state index contributed by atoms with van der Waals surface area (Å²) in [6, 6.07) is 6.45. The van der Waals surface area contributed by atoms with Gasteiger partial charge in [0, 0.05) is 11.1 Å². The summed E-state index contributed by atoms with van der Waals surface area (Å²) in [7, 11) is 0. The van der Waals surface area contributed by atoms with Crippen molar-refractivity contribution < 1.29 is 23.1 Å². The van der Waals surface area contributed by atoms with Crippen molar-refractivity contribution >= 4 is 28.5 Å². The minimum Gasteiger partial charge on any atom is -0.477 e. The maximum atomic E-state index is 14.0. The van der Waals surface area contributed by atoms with E-state index >= 15 is 0 Å². The summed E-state index contributed by atoms with van der Waals surface area (Å²) in [5, 5.41) is 9.50.